The summed E-state index contributed by atoms with van der Waals surface area (Å²) in [7, 11) is 0. The maximum atomic E-state index is 5.39. The van der Waals surface area contributed by atoms with E-state index in [0.29, 0.717) is 0 Å². The Hall–Kier alpha value is -16.9. The fourth-order valence-electron chi connectivity index (χ4n) is 19.9. The highest BCUT2D eigenvalue weighted by Gasteiger charge is 2.25. The molecule has 0 aliphatic heterocycles. The number of aromatic nitrogens is 6. The minimum Gasteiger partial charge on any atom is -0.244 e. The average molecular weight is 1770 g/mol. The molecule has 0 unspecified atom stereocenters. The van der Waals surface area contributed by atoms with E-state index in [1.165, 1.54) is 137 Å². The Kier molecular flexibility index (Phi) is 20.4. The smallest absolute Gasteiger partial charge is 0.160 e. The number of rotatable bonds is 12. The summed E-state index contributed by atoms with van der Waals surface area (Å²) in [5.41, 5.74) is 29.8. The topological polar surface area (TPSA) is 77.3 Å². The van der Waals surface area contributed by atoms with Crippen LogP contribution in [0.3, 0.4) is 0 Å². The lowest BCUT2D eigenvalue weighted by molar-refractivity contribution is 1.23. The highest BCUT2D eigenvalue weighted by Crippen LogP contribution is 2.50. The maximum Gasteiger partial charge on any atom is 0.160 e. The Labute approximate surface area is 791 Å². The first-order valence-electron chi connectivity index (χ1n) is 45.5. The van der Waals surface area contributed by atoms with Gasteiger partial charge < -0.3 is 0 Å². The normalized spacial score (nSPS) is 11.6. The zero-order chi connectivity index (χ0) is 89.2. The lowest BCUT2D eigenvalue weighted by atomic mass is 9.90. The summed E-state index contributed by atoms with van der Waals surface area (Å²) >= 11 is 5.59. The predicted molar refractivity (Wildman–Crippen MR) is 575 cm³/mol. The summed E-state index contributed by atoms with van der Waals surface area (Å²) in [5, 5.41) is 16.4. The molecule has 0 spiro atoms. The largest absolute Gasteiger partial charge is 0.244 e. The number of fused-ring (bicyclic) bond motifs is 15. The standard InChI is InChI=1S/3C42H26N2S/c1-3-13-27(14-4-1)40-41(28-15-5-2-6-16-28)44-42-34(21-11-22-36(42)43-40)32-26-25-31(29-17-7-8-18-30(29)32)33-20-12-24-38-39(33)35-19-9-10-23-37(35)45-38;1-3-12-27(13-4-1)41-36-26-29(22-25-37(36)43-42(44-41)28-14-5-2-6-15-28)30-23-24-33(32-17-8-7-16-31(30)32)34-19-11-21-39-40(34)35-18-9-10-20-38(35)45-39;1-3-12-27(13-4-1)41-42(28-14-5-2-6-15-28)44-37-26-29(22-25-36(37)43-41)30-23-24-33(32-17-8-7-16-31(30)32)34-19-11-21-39-40(34)35-18-9-10-20-38(35)45-39/h3*1-26H. The Morgan fingerprint density at radius 3 is 0.830 bits per heavy atom. The molecule has 27 aromatic rings. The third-order valence-electron chi connectivity index (χ3n) is 26.1. The molecular weight excluding hydrogens is 1690 g/mol. The van der Waals surface area contributed by atoms with Crippen LogP contribution in [0.15, 0.2) is 473 Å². The molecule has 27 rings (SSSR count). The SMILES string of the molecule is c1ccc(-c2nc(-c3ccccc3)c3cc(-c4ccc(-c5cccc6sc7ccccc7c56)c5ccccc45)ccc3n2)cc1.c1ccc(-c2nc3ccc(-c4ccc(-c5cccc6sc7ccccc7c56)c5ccccc45)cc3nc2-c2ccccc2)cc1.c1ccc(-c2nc3cccc(-c4ccc(-c5cccc6sc7ccccc7c56)c5ccccc45)c3nc2-c2ccccc2)cc1. The molecule has 6 aromatic heterocycles. The van der Waals surface area contributed by atoms with Crippen LogP contribution in [-0.4, -0.2) is 29.9 Å². The van der Waals surface area contributed by atoms with Crippen molar-refractivity contribution in [2.75, 3.05) is 0 Å². The summed E-state index contributed by atoms with van der Waals surface area (Å²) in [6, 6.07) is 168. The van der Waals surface area contributed by atoms with Crippen molar-refractivity contribution >= 4 is 160 Å². The first kappa shape index (κ1) is 80.2. The van der Waals surface area contributed by atoms with Crippen molar-refractivity contribution in [3.63, 3.8) is 0 Å². The second-order valence-electron chi connectivity index (χ2n) is 34.0. The predicted octanol–water partition coefficient (Wildman–Crippen LogP) is 35.5. The molecule has 6 nitrogen and oxygen atoms in total. The summed E-state index contributed by atoms with van der Waals surface area (Å²) in [5.74, 6) is 0.736. The summed E-state index contributed by atoms with van der Waals surface area (Å²) in [6.07, 6.45) is 0. The zero-order valence-corrected chi connectivity index (χ0v) is 75.4. The number of hydrogen-bond donors (Lipinski definition) is 0. The van der Waals surface area contributed by atoms with Crippen molar-refractivity contribution in [2.45, 2.75) is 0 Å². The van der Waals surface area contributed by atoms with Gasteiger partial charge >= 0.3 is 0 Å². The van der Waals surface area contributed by atoms with Crippen LogP contribution in [0, 0.1) is 0 Å². The highest BCUT2D eigenvalue weighted by atomic mass is 32.1. The Morgan fingerprint density at radius 1 is 0.133 bits per heavy atom. The van der Waals surface area contributed by atoms with Gasteiger partial charge in [-0.1, -0.05) is 406 Å². The molecule has 630 valence electrons. The minimum absolute atomic E-state index is 0.736. The first-order chi connectivity index (χ1) is 67.0. The van der Waals surface area contributed by atoms with Gasteiger partial charge in [-0.05, 0) is 160 Å². The summed E-state index contributed by atoms with van der Waals surface area (Å²) in [4.78, 5) is 31.2. The molecule has 0 radical (unpaired) electrons. The molecule has 0 aliphatic rings. The fourth-order valence-corrected chi connectivity index (χ4v) is 23.3. The Bertz CT molecular complexity index is 9260. The number of thiophene rings is 3. The van der Waals surface area contributed by atoms with Gasteiger partial charge in [0.15, 0.2) is 5.82 Å². The van der Waals surface area contributed by atoms with Crippen LogP contribution in [0.1, 0.15) is 0 Å². The molecule has 0 fully saturated rings. The van der Waals surface area contributed by atoms with Crippen molar-refractivity contribution < 1.29 is 0 Å². The third kappa shape index (κ3) is 14.6. The second kappa shape index (κ2) is 34.4. The van der Waals surface area contributed by atoms with Gasteiger partial charge in [0.1, 0.15) is 0 Å². The van der Waals surface area contributed by atoms with Gasteiger partial charge in [0.25, 0.3) is 0 Å². The first-order valence-corrected chi connectivity index (χ1v) is 48.0. The van der Waals surface area contributed by atoms with Gasteiger partial charge in [0.2, 0.25) is 0 Å². The molecule has 6 heterocycles. The Balaban J connectivity index is 0.000000108. The molecule has 9 heteroatoms. The number of nitrogens with zero attached hydrogens (tertiary/aromatic N) is 6. The van der Waals surface area contributed by atoms with Crippen molar-refractivity contribution in [2.24, 2.45) is 0 Å². The van der Waals surface area contributed by atoms with E-state index in [9.17, 15) is 0 Å². The Morgan fingerprint density at radius 2 is 0.422 bits per heavy atom. The van der Waals surface area contributed by atoms with Crippen LogP contribution in [0.5, 0.6) is 0 Å². The molecule has 0 saturated heterocycles. The lowest BCUT2D eigenvalue weighted by Gasteiger charge is -2.16. The molecule has 0 amide bonds. The number of hydrogen-bond acceptors (Lipinski definition) is 9. The van der Waals surface area contributed by atoms with Crippen LogP contribution in [0.2, 0.25) is 0 Å². The average Bonchev–Trinajstić information content (AvgIpc) is 1.70. The van der Waals surface area contributed by atoms with Crippen molar-refractivity contribution in [3.8, 4) is 134 Å². The molecule has 0 saturated carbocycles. The molecule has 0 atom stereocenters. The van der Waals surface area contributed by atoms with Crippen LogP contribution >= 0.6 is 34.0 Å². The molecule has 0 bridgehead atoms. The van der Waals surface area contributed by atoms with E-state index in [2.05, 4.69) is 425 Å². The van der Waals surface area contributed by atoms with Crippen molar-refractivity contribution in [3.05, 3.63) is 473 Å². The van der Waals surface area contributed by atoms with E-state index in [1.54, 1.807) is 0 Å². The molecular formula is C126H78N6S3. The quantitative estimate of drug-likeness (QED) is 0.121. The van der Waals surface area contributed by atoms with Crippen LogP contribution in [0.25, 0.3) is 260 Å². The van der Waals surface area contributed by atoms with E-state index in [1.807, 2.05) is 82.5 Å². The van der Waals surface area contributed by atoms with E-state index < -0.39 is 0 Å². The van der Waals surface area contributed by atoms with Gasteiger partial charge in [-0.25, -0.2) is 29.9 Å². The minimum atomic E-state index is 0.736. The van der Waals surface area contributed by atoms with Crippen molar-refractivity contribution in [1.82, 2.24) is 29.9 Å². The number of benzene rings is 21. The number of para-hydroxylation sites is 1. The van der Waals surface area contributed by atoms with Gasteiger partial charge in [-0.2, -0.15) is 0 Å². The third-order valence-corrected chi connectivity index (χ3v) is 29.5. The second-order valence-corrected chi connectivity index (χ2v) is 37.2. The van der Waals surface area contributed by atoms with Crippen LogP contribution in [-0.2, 0) is 0 Å². The zero-order valence-electron chi connectivity index (χ0n) is 72.9. The van der Waals surface area contributed by atoms with Crippen molar-refractivity contribution in [1.29, 1.82) is 0 Å². The van der Waals surface area contributed by atoms with Gasteiger partial charge in [-0.3, -0.25) is 0 Å². The molecule has 0 aliphatic carbocycles. The van der Waals surface area contributed by atoms with Crippen LogP contribution < -0.4 is 0 Å². The van der Waals surface area contributed by atoms with Crippen LogP contribution in [0.4, 0.5) is 0 Å². The van der Waals surface area contributed by atoms with E-state index in [-0.39, 0.29) is 0 Å². The van der Waals surface area contributed by atoms with Gasteiger partial charge in [0.05, 0.1) is 56.1 Å². The maximum absolute atomic E-state index is 5.39. The molecule has 21 aromatic carbocycles. The van der Waals surface area contributed by atoms with E-state index in [4.69, 9.17) is 29.9 Å². The van der Waals surface area contributed by atoms with E-state index in [0.717, 1.165) is 123 Å². The van der Waals surface area contributed by atoms with Gasteiger partial charge in [0, 0.05) is 105 Å². The lowest BCUT2D eigenvalue weighted by Crippen LogP contribution is -1.97. The van der Waals surface area contributed by atoms with Gasteiger partial charge in [-0.15, -0.1) is 34.0 Å². The fraction of sp³-hybridized carbons (Fsp3) is 0. The molecule has 135 heavy (non-hydrogen) atoms. The highest BCUT2D eigenvalue weighted by molar-refractivity contribution is 7.26. The summed E-state index contributed by atoms with van der Waals surface area (Å²) < 4.78 is 7.92. The molecule has 0 N–H and O–H groups in total. The van der Waals surface area contributed by atoms with E-state index >= 15 is 0 Å². The summed E-state index contributed by atoms with van der Waals surface area (Å²) in [6.45, 7) is 0. The monoisotopic (exact) mass is 1770 g/mol.